The molecule has 0 aliphatic carbocycles. The van der Waals surface area contributed by atoms with Crippen molar-refractivity contribution >= 4 is 5.78 Å². The van der Waals surface area contributed by atoms with Gasteiger partial charge >= 0.3 is 0 Å². The Balaban J connectivity index is 2.06. The van der Waals surface area contributed by atoms with Crippen molar-refractivity contribution in [3.63, 3.8) is 0 Å². The quantitative estimate of drug-likeness (QED) is 0.854. The summed E-state index contributed by atoms with van der Waals surface area (Å²) >= 11 is 0. The van der Waals surface area contributed by atoms with E-state index >= 15 is 0 Å². The maximum Gasteiger partial charge on any atom is 0.281 e. The van der Waals surface area contributed by atoms with Crippen LogP contribution in [-0.4, -0.2) is 10.9 Å². The average molecular weight is 258 g/mol. The molecule has 3 nitrogen and oxygen atoms in total. The van der Waals surface area contributed by atoms with E-state index in [2.05, 4.69) is 0 Å². The number of ether oxygens (including phenoxy) is 1. The molecular weight excluding hydrogens is 247 g/mol. The van der Waals surface area contributed by atoms with Crippen LogP contribution in [0.1, 0.15) is 22.3 Å². The molecule has 0 amide bonds. The molecule has 0 bridgehead atoms. The van der Waals surface area contributed by atoms with E-state index in [4.69, 9.17) is 4.74 Å². The number of phenolic OH excluding ortho intramolecular Hbond substituents is 1. The van der Waals surface area contributed by atoms with E-state index in [1.807, 2.05) is 0 Å². The van der Waals surface area contributed by atoms with Crippen molar-refractivity contribution in [2.45, 2.75) is 12.3 Å². The second kappa shape index (κ2) is 4.09. The van der Waals surface area contributed by atoms with Crippen LogP contribution in [0.2, 0.25) is 0 Å². The molecule has 0 radical (unpaired) electrons. The van der Waals surface area contributed by atoms with Crippen LogP contribution in [0, 0.1) is 0 Å². The molecule has 0 spiro atoms. The third-order valence-corrected chi connectivity index (χ3v) is 3.13. The van der Waals surface area contributed by atoms with Gasteiger partial charge in [0.15, 0.2) is 5.78 Å². The van der Waals surface area contributed by atoms with Gasteiger partial charge in [0.2, 0.25) is 0 Å². The lowest BCUT2D eigenvalue weighted by Crippen LogP contribution is -2.35. The van der Waals surface area contributed by atoms with Gasteiger partial charge in [0.1, 0.15) is 11.5 Å². The summed E-state index contributed by atoms with van der Waals surface area (Å²) in [6, 6.07) is 12.4. The molecule has 2 aromatic carbocycles. The molecule has 1 aliphatic rings. The standard InChI is InChI=1S/C15H11FO3/c16-15(10-4-2-1-3-5-10)9-13(18)12-8-11(17)6-7-14(12)19-15/h1-8,17H,9H2. The van der Waals surface area contributed by atoms with Crippen LogP contribution >= 0.6 is 0 Å². The molecule has 0 aromatic heterocycles. The molecular formula is C15H11FO3. The molecule has 0 fully saturated rings. The van der Waals surface area contributed by atoms with Gasteiger partial charge in [-0.05, 0) is 18.2 Å². The first-order valence-electron chi connectivity index (χ1n) is 5.88. The highest BCUT2D eigenvalue weighted by Gasteiger charge is 2.42. The van der Waals surface area contributed by atoms with Gasteiger partial charge in [-0.3, -0.25) is 4.79 Å². The highest BCUT2D eigenvalue weighted by Crippen LogP contribution is 2.41. The van der Waals surface area contributed by atoms with Crippen molar-refractivity contribution in [3.05, 3.63) is 59.7 Å². The molecule has 0 saturated carbocycles. The Bertz CT molecular complexity index is 639. The van der Waals surface area contributed by atoms with Gasteiger partial charge in [-0.15, -0.1) is 0 Å². The maximum atomic E-state index is 14.8. The Hall–Kier alpha value is -2.36. The van der Waals surface area contributed by atoms with Crippen molar-refractivity contribution in [3.8, 4) is 11.5 Å². The summed E-state index contributed by atoms with van der Waals surface area (Å²) in [7, 11) is 0. The van der Waals surface area contributed by atoms with E-state index in [9.17, 15) is 14.3 Å². The van der Waals surface area contributed by atoms with Crippen LogP contribution in [-0.2, 0) is 5.85 Å². The molecule has 1 atom stereocenters. The third-order valence-electron chi connectivity index (χ3n) is 3.13. The zero-order chi connectivity index (χ0) is 13.5. The Morgan fingerprint density at radius 1 is 1.16 bits per heavy atom. The predicted octanol–water partition coefficient (Wildman–Crippen LogP) is 3.18. The van der Waals surface area contributed by atoms with E-state index in [-0.39, 0.29) is 22.8 Å². The predicted molar refractivity (Wildman–Crippen MR) is 66.9 cm³/mol. The topological polar surface area (TPSA) is 46.5 Å². The summed E-state index contributed by atoms with van der Waals surface area (Å²) in [5.41, 5.74) is 0.520. The summed E-state index contributed by atoms with van der Waals surface area (Å²) < 4.78 is 20.2. The van der Waals surface area contributed by atoms with E-state index in [0.717, 1.165) is 0 Å². The van der Waals surface area contributed by atoms with Crippen LogP contribution in [0.15, 0.2) is 48.5 Å². The van der Waals surface area contributed by atoms with Crippen LogP contribution in [0.5, 0.6) is 11.5 Å². The average Bonchev–Trinajstić information content (AvgIpc) is 2.41. The van der Waals surface area contributed by atoms with E-state index in [0.29, 0.717) is 5.56 Å². The van der Waals surface area contributed by atoms with Gasteiger partial charge in [-0.2, -0.15) is 4.39 Å². The van der Waals surface area contributed by atoms with Gasteiger partial charge in [0, 0.05) is 5.56 Å². The Kier molecular flexibility index (Phi) is 2.52. The fraction of sp³-hybridized carbons (Fsp3) is 0.133. The van der Waals surface area contributed by atoms with Gasteiger partial charge in [-0.1, -0.05) is 30.3 Å². The zero-order valence-corrected chi connectivity index (χ0v) is 9.97. The smallest absolute Gasteiger partial charge is 0.281 e. The number of hydrogen-bond donors (Lipinski definition) is 1. The highest BCUT2D eigenvalue weighted by molar-refractivity contribution is 6.00. The summed E-state index contributed by atoms with van der Waals surface area (Å²) in [5, 5.41) is 9.35. The molecule has 96 valence electrons. The lowest BCUT2D eigenvalue weighted by atomic mass is 9.94. The van der Waals surface area contributed by atoms with E-state index in [1.165, 1.54) is 18.2 Å². The first kappa shape index (κ1) is 11.7. The number of alkyl halides is 1. The molecule has 0 saturated heterocycles. The Morgan fingerprint density at radius 2 is 1.89 bits per heavy atom. The summed E-state index contributed by atoms with van der Waals surface area (Å²) in [4.78, 5) is 12.0. The fourth-order valence-electron chi connectivity index (χ4n) is 2.19. The first-order chi connectivity index (χ1) is 9.08. The molecule has 1 heterocycles. The minimum atomic E-state index is -2.15. The number of rotatable bonds is 1. The van der Waals surface area contributed by atoms with E-state index in [1.54, 1.807) is 30.3 Å². The number of halogens is 1. The minimum Gasteiger partial charge on any atom is -0.508 e. The molecule has 3 rings (SSSR count). The Morgan fingerprint density at radius 3 is 2.63 bits per heavy atom. The number of carbonyl (C=O) groups excluding carboxylic acids is 1. The van der Waals surface area contributed by atoms with Crippen molar-refractivity contribution in [1.82, 2.24) is 0 Å². The van der Waals surface area contributed by atoms with Crippen molar-refractivity contribution < 1.29 is 19.0 Å². The molecule has 1 N–H and O–H groups in total. The molecule has 19 heavy (non-hydrogen) atoms. The van der Waals surface area contributed by atoms with Crippen LogP contribution < -0.4 is 4.74 Å². The molecule has 1 aliphatic heterocycles. The van der Waals surface area contributed by atoms with Crippen molar-refractivity contribution in [1.29, 1.82) is 0 Å². The van der Waals surface area contributed by atoms with Crippen molar-refractivity contribution in [2.75, 3.05) is 0 Å². The Labute approximate surface area is 109 Å². The normalized spacial score (nSPS) is 21.6. The first-order valence-corrected chi connectivity index (χ1v) is 5.88. The second-order valence-corrected chi connectivity index (χ2v) is 4.48. The largest absolute Gasteiger partial charge is 0.508 e. The lowest BCUT2D eigenvalue weighted by molar-refractivity contribution is -0.0745. The number of benzene rings is 2. The molecule has 2 aromatic rings. The number of fused-ring (bicyclic) bond motifs is 1. The number of ketones is 1. The van der Waals surface area contributed by atoms with Gasteiger partial charge in [0.05, 0.1) is 12.0 Å². The lowest BCUT2D eigenvalue weighted by Gasteiger charge is -2.31. The van der Waals surface area contributed by atoms with Gasteiger partial charge in [-0.25, -0.2) is 0 Å². The van der Waals surface area contributed by atoms with E-state index < -0.39 is 12.3 Å². The van der Waals surface area contributed by atoms with Crippen LogP contribution in [0.3, 0.4) is 0 Å². The highest BCUT2D eigenvalue weighted by atomic mass is 19.2. The van der Waals surface area contributed by atoms with Crippen molar-refractivity contribution in [2.24, 2.45) is 0 Å². The number of Topliss-reactive ketones (excluding diaryl/α,β-unsaturated/α-hetero) is 1. The second-order valence-electron chi connectivity index (χ2n) is 4.48. The summed E-state index contributed by atoms with van der Waals surface area (Å²) in [5.74, 6) is -2.42. The number of aromatic hydroxyl groups is 1. The van der Waals surface area contributed by atoms with Gasteiger partial charge in [0.25, 0.3) is 5.85 Å². The van der Waals surface area contributed by atoms with Crippen LogP contribution in [0.4, 0.5) is 4.39 Å². The monoisotopic (exact) mass is 258 g/mol. The molecule has 1 unspecified atom stereocenters. The summed E-state index contributed by atoms with van der Waals surface area (Å²) in [6.45, 7) is 0. The number of phenols is 1. The van der Waals surface area contributed by atoms with Crippen LogP contribution in [0.25, 0.3) is 0 Å². The SMILES string of the molecule is O=C1CC(F)(c2ccccc2)Oc2ccc(O)cc21. The fourth-order valence-corrected chi connectivity index (χ4v) is 2.19. The number of hydrogen-bond acceptors (Lipinski definition) is 3. The molecule has 4 heteroatoms. The van der Waals surface area contributed by atoms with Gasteiger partial charge < -0.3 is 9.84 Å². The summed E-state index contributed by atoms with van der Waals surface area (Å²) in [6.07, 6.45) is -0.395. The third kappa shape index (κ3) is 1.95. The zero-order valence-electron chi connectivity index (χ0n) is 9.97. The number of carbonyl (C=O) groups is 1. The maximum absolute atomic E-state index is 14.8. The minimum absolute atomic E-state index is 0.0400.